The Bertz CT molecular complexity index is 401. The molecule has 0 heterocycles. The Morgan fingerprint density at radius 1 is 1.44 bits per heavy atom. The van der Waals surface area contributed by atoms with Crippen LogP contribution in [-0.2, 0) is 10.3 Å². The summed E-state index contributed by atoms with van der Waals surface area (Å²) in [5.74, 6) is -0.795. The summed E-state index contributed by atoms with van der Waals surface area (Å²) < 4.78 is 0. The first-order chi connectivity index (χ1) is 7.39. The van der Waals surface area contributed by atoms with Gasteiger partial charge in [-0.2, -0.15) is 0 Å². The molecular formula is C13H19NO2. The molecule has 0 saturated heterocycles. The maximum absolute atomic E-state index is 10.9. The zero-order valence-electron chi connectivity index (χ0n) is 10.3. The Hall–Kier alpha value is -1.35. The van der Waals surface area contributed by atoms with Gasteiger partial charge in [-0.15, -0.1) is 0 Å². The van der Waals surface area contributed by atoms with Crippen molar-refractivity contribution >= 4 is 5.97 Å². The van der Waals surface area contributed by atoms with Crippen molar-refractivity contribution in [2.45, 2.75) is 32.7 Å². The lowest BCUT2D eigenvalue weighted by Gasteiger charge is -2.30. The quantitative estimate of drug-likeness (QED) is 0.819. The maximum Gasteiger partial charge on any atom is 0.305 e. The zero-order valence-corrected chi connectivity index (χ0v) is 10.3. The fraction of sp³-hybridized carbons (Fsp3) is 0.462. The van der Waals surface area contributed by atoms with Crippen molar-refractivity contribution in [2.75, 3.05) is 7.05 Å². The molecule has 88 valence electrons. The van der Waals surface area contributed by atoms with Crippen LogP contribution in [0.4, 0.5) is 0 Å². The van der Waals surface area contributed by atoms with Crippen LogP contribution in [0.25, 0.3) is 0 Å². The number of carboxylic acid groups (broad SMARTS) is 1. The summed E-state index contributed by atoms with van der Waals surface area (Å²) in [4.78, 5) is 10.9. The van der Waals surface area contributed by atoms with Crippen molar-refractivity contribution in [1.29, 1.82) is 0 Å². The van der Waals surface area contributed by atoms with Gasteiger partial charge in [0.25, 0.3) is 0 Å². The Morgan fingerprint density at radius 3 is 2.50 bits per heavy atom. The van der Waals surface area contributed by atoms with Crippen LogP contribution in [0.15, 0.2) is 18.2 Å². The molecule has 1 aromatic rings. The number of rotatable bonds is 4. The van der Waals surface area contributed by atoms with Crippen LogP contribution in [0, 0.1) is 13.8 Å². The first kappa shape index (κ1) is 12.7. The molecule has 3 nitrogen and oxygen atoms in total. The van der Waals surface area contributed by atoms with Gasteiger partial charge in [-0.05, 0) is 38.9 Å². The van der Waals surface area contributed by atoms with E-state index in [1.165, 1.54) is 5.56 Å². The van der Waals surface area contributed by atoms with E-state index in [2.05, 4.69) is 11.4 Å². The maximum atomic E-state index is 10.9. The molecule has 1 atom stereocenters. The predicted octanol–water partition coefficient (Wildman–Crippen LogP) is 2.21. The molecule has 0 fully saturated rings. The van der Waals surface area contributed by atoms with Gasteiger partial charge in [-0.1, -0.05) is 23.8 Å². The number of hydrogen-bond donors (Lipinski definition) is 2. The molecule has 0 saturated carbocycles. The average Bonchev–Trinajstić information content (AvgIpc) is 2.16. The van der Waals surface area contributed by atoms with Crippen molar-refractivity contribution in [3.05, 3.63) is 34.9 Å². The SMILES string of the molecule is CNC(C)(CC(=O)O)c1ccc(C)cc1C. The molecule has 0 aliphatic rings. The lowest BCUT2D eigenvalue weighted by molar-refractivity contribution is -0.138. The van der Waals surface area contributed by atoms with E-state index in [0.29, 0.717) is 0 Å². The number of nitrogens with one attached hydrogen (secondary N) is 1. The first-order valence-electron chi connectivity index (χ1n) is 5.37. The molecule has 2 N–H and O–H groups in total. The molecule has 3 heteroatoms. The number of benzene rings is 1. The van der Waals surface area contributed by atoms with Gasteiger partial charge in [0.15, 0.2) is 0 Å². The Balaban J connectivity index is 3.17. The van der Waals surface area contributed by atoms with Gasteiger partial charge >= 0.3 is 5.97 Å². The van der Waals surface area contributed by atoms with Crippen molar-refractivity contribution in [2.24, 2.45) is 0 Å². The summed E-state index contributed by atoms with van der Waals surface area (Å²) in [7, 11) is 1.79. The number of carboxylic acids is 1. The molecule has 0 aliphatic carbocycles. The van der Waals surface area contributed by atoms with Crippen LogP contribution in [-0.4, -0.2) is 18.1 Å². The highest BCUT2D eigenvalue weighted by Gasteiger charge is 2.28. The van der Waals surface area contributed by atoms with E-state index >= 15 is 0 Å². The molecule has 16 heavy (non-hydrogen) atoms. The third-order valence-corrected chi connectivity index (χ3v) is 3.03. The monoisotopic (exact) mass is 221 g/mol. The van der Waals surface area contributed by atoms with Crippen molar-refractivity contribution < 1.29 is 9.90 Å². The third-order valence-electron chi connectivity index (χ3n) is 3.03. The third kappa shape index (κ3) is 2.61. The van der Waals surface area contributed by atoms with E-state index < -0.39 is 11.5 Å². The van der Waals surface area contributed by atoms with E-state index in [0.717, 1.165) is 11.1 Å². The van der Waals surface area contributed by atoms with Crippen LogP contribution in [0.3, 0.4) is 0 Å². The Kier molecular flexibility index (Phi) is 3.70. The molecule has 1 aromatic carbocycles. The highest BCUT2D eigenvalue weighted by Crippen LogP contribution is 2.27. The molecule has 1 unspecified atom stereocenters. The van der Waals surface area contributed by atoms with E-state index in [1.807, 2.05) is 32.9 Å². The molecule has 0 aliphatic heterocycles. The molecule has 0 aromatic heterocycles. The normalized spacial score (nSPS) is 14.5. The van der Waals surface area contributed by atoms with Crippen LogP contribution >= 0.6 is 0 Å². The lowest BCUT2D eigenvalue weighted by Crippen LogP contribution is -2.39. The van der Waals surface area contributed by atoms with Gasteiger partial charge in [0.05, 0.1) is 12.0 Å². The lowest BCUT2D eigenvalue weighted by atomic mass is 9.85. The summed E-state index contributed by atoms with van der Waals surface area (Å²) in [6.45, 7) is 5.96. The summed E-state index contributed by atoms with van der Waals surface area (Å²) in [6, 6.07) is 6.09. The Labute approximate surface area is 96.5 Å². The van der Waals surface area contributed by atoms with Gasteiger partial charge < -0.3 is 10.4 Å². The van der Waals surface area contributed by atoms with Gasteiger partial charge in [-0.25, -0.2) is 0 Å². The summed E-state index contributed by atoms with van der Waals surface area (Å²) >= 11 is 0. The zero-order chi connectivity index (χ0) is 12.3. The van der Waals surface area contributed by atoms with Crippen molar-refractivity contribution in [1.82, 2.24) is 5.32 Å². The number of aryl methyl sites for hydroxylation is 2. The van der Waals surface area contributed by atoms with Gasteiger partial charge in [0.1, 0.15) is 0 Å². The van der Waals surface area contributed by atoms with Gasteiger partial charge in [-0.3, -0.25) is 4.79 Å². The number of aliphatic carboxylic acids is 1. The topological polar surface area (TPSA) is 49.3 Å². The van der Waals surface area contributed by atoms with Gasteiger partial charge in [0.2, 0.25) is 0 Å². The van der Waals surface area contributed by atoms with Crippen molar-refractivity contribution in [3.63, 3.8) is 0 Å². The summed E-state index contributed by atoms with van der Waals surface area (Å²) in [5.41, 5.74) is 2.85. The molecule has 0 bridgehead atoms. The predicted molar refractivity (Wildman–Crippen MR) is 64.6 cm³/mol. The molecule has 0 spiro atoms. The van der Waals surface area contributed by atoms with Gasteiger partial charge in [0, 0.05) is 0 Å². The van der Waals surface area contributed by atoms with E-state index in [1.54, 1.807) is 7.05 Å². The highest BCUT2D eigenvalue weighted by atomic mass is 16.4. The smallest absolute Gasteiger partial charge is 0.305 e. The van der Waals surface area contributed by atoms with Crippen LogP contribution in [0.5, 0.6) is 0 Å². The van der Waals surface area contributed by atoms with Crippen molar-refractivity contribution in [3.8, 4) is 0 Å². The minimum absolute atomic E-state index is 0.0768. The second kappa shape index (κ2) is 4.66. The second-order valence-corrected chi connectivity index (χ2v) is 4.47. The Morgan fingerprint density at radius 2 is 2.06 bits per heavy atom. The van der Waals surface area contributed by atoms with Crippen LogP contribution in [0.1, 0.15) is 30.0 Å². The summed E-state index contributed by atoms with van der Waals surface area (Å²) in [6.07, 6.45) is 0.0768. The average molecular weight is 221 g/mol. The fourth-order valence-electron chi connectivity index (χ4n) is 2.05. The minimum atomic E-state index is -0.795. The number of hydrogen-bond acceptors (Lipinski definition) is 2. The fourth-order valence-corrected chi connectivity index (χ4v) is 2.05. The summed E-state index contributed by atoms with van der Waals surface area (Å²) in [5, 5.41) is 12.1. The largest absolute Gasteiger partial charge is 0.481 e. The number of carbonyl (C=O) groups is 1. The van der Waals surface area contributed by atoms with E-state index in [4.69, 9.17) is 5.11 Å². The molecular weight excluding hydrogens is 202 g/mol. The molecule has 1 rings (SSSR count). The molecule has 0 radical (unpaired) electrons. The van der Waals surface area contributed by atoms with E-state index in [9.17, 15) is 4.79 Å². The van der Waals surface area contributed by atoms with Crippen LogP contribution in [0.2, 0.25) is 0 Å². The standard InChI is InChI=1S/C13H19NO2/c1-9-5-6-11(10(2)7-9)13(3,14-4)8-12(15)16/h5-7,14H,8H2,1-4H3,(H,15,16). The first-order valence-corrected chi connectivity index (χ1v) is 5.37. The van der Waals surface area contributed by atoms with Crippen LogP contribution < -0.4 is 5.32 Å². The van der Waals surface area contributed by atoms with E-state index in [-0.39, 0.29) is 6.42 Å². The second-order valence-electron chi connectivity index (χ2n) is 4.47. The highest BCUT2D eigenvalue weighted by molar-refractivity contribution is 5.69. The minimum Gasteiger partial charge on any atom is -0.481 e. The molecule has 0 amide bonds.